The number of amides is 1. The van der Waals surface area contributed by atoms with Gasteiger partial charge in [0.15, 0.2) is 0 Å². The van der Waals surface area contributed by atoms with Crippen LogP contribution in [0.1, 0.15) is 35.3 Å². The molecule has 0 atom stereocenters. The minimum Gasteiger partial charge on any atom is -0.367 e. The van der Waals surface area contributed by atoms with Crippen molar-refractivity contribution in [3.8, 4) is 0 Å². The van der Waals surface area contributed by atoms with Gasteiger partial charge in [-0.15, -0.1) is 0 Å². The third-order valence-corrected chi connectivity index (χ3v) is 4.84. The molecule has 0 aliphatic heterocycles. The molecule has 0 aliphatic carbocycles. The minimum atomic E-state index is -0.518. The molecule has 2 aromatic carbocycles. The lowest BCUT2D eigenvalue weighted by Gasteiger charge is -2.23. The van der Waals surface area contributed by atoms with E-state index in [0.717, 1.165) is 24.3 Å². The van der Waals surface area contributed by atoms with Gasteiger partial charge < -0.3 is 9.47 Å². The summed E-state index contributed by atoms with van der Waals surface area (Å²) in [6.45, 7) is 6.22. The second-order valence-electron chi connectivity index (χ2n) is 6.80. The highest BCUT2D eigenvalue weighted by molar-refractivity contribution is 5.94. The fourth-order valence-electron chi connectivity index (χ4n) is 3.15. The Morgan fingerprint density at radius 2 is 1.77 bits per heavy atom. The lowest BCUT2D eigenvalue weighted by atomic mass is 10.1. The largest absolute Gasteiger partial charge is 0.367 e. The molecule has 0 unspecified atom stereocenters. The summed E-state index contributed by atoms with van der Waals surface area (Å²) < 4.78 is 1.48. The van der Waals surface area contributed by atoms with Gasteiger partial charge in [0.25, 0.3) is 11.5 Å². The van der Waals surface area contributed by atoms with Crippen molar-refractivity contribution in [2.45, 2.75) is 26.9 Å². The number of aromatic nitrogens is 1. The second-order valence-corrected chi connectivity index (χ2v) is 6.80. The Morgan fingerprint density at radius 1 is 1.03 bits per heavy atom. The molecule has 0 saturated heterocycles. The van der Waals surface area contributed by atoms with E-state index in [2.05, 4.69) is 34.5 Å². The maximum Gasteiger partial charge on any atom is 0.276 e. The number of carbonyl (C=O) groups is 1. The Morgan fingerprint density at radius 3 is 2.43 bits per heavy atom. The first-order valence-corrected chi connectivity index (χ1v) is 10.0. The molecule has 154 valence electrons. The molecule has 1 N–H and O–H groups in total. The molecule has 1 amide bonds. The average Bonchev–Trinajstić information content (AvgIpc) is 2.79. The summed E-state index contributed by atoms with van der Waals surface area (Å²) in [6, 6.07) is 21.5. The first-order valence-electron chi connectivity index (χ1n) is 10.0. The van der Waals surface area contributed by atoms with Gasteiger partial charge in [-0.25, -0.2) is 5.43 Å². The fraction of sp³-hybridized carbons (Fsp3) is 0.208. The molecule has 0 bridgehead atoms. The van der Waals surface area contributed by atoms with E-state index in [9.17, 15) is 9.59 Å². The molecule has 0 fully saturated rings. The SMILES string of the molecule is CCN(Cc1ccccc1)c1ccc(/C=N\NC(=O)c2cccn(CC)c2=O)cc1. The van der Waals surface area contributed by atoms with Crippen LogP contribution in [-0.2, 0) is 13.1 Å². The Bertz CT molecular complexity index is 1060. The van der Waals surface area contributed by atoms with Gasteiger partial charge in [0, 0.05) is 31.5 Å². The van der Waals surface area contributed by atoms with Gasteiger partial charge >= 0.3 is 0 Å². The van der Waals surface area contributed by atoms with Crippen LogP contribution in [0.25, 0.3) is 0 Å². The van der Waals surface area contributed by atoms with Crippen LogP contribution in [0.2, 0.25) is 0 Å². The number of rotatable bonds is 8. The molecule has 0 spiro atoms. The molecular weight excluding hydrogens is 376 g/mol. The molecule has 0 saturated carbocycles. The van der Waals surface area contributed by atoms with Crippen molar-refractivity contribution >= 4 is 17.8 Å². The zero-order valence-electron chi connectivity index (χ0n) is 17.3. The summed E-state index contributed by atoms with van der Waals surface area (Å²) in [6.07, 6.45) is 3.22. The molecule has 3 rings (SSSR count). The maximum atomic E-state index is 12.2. The molecule has 30 heavy (non-hydrogen) atoms. The summed E-state index contributed by atoms with van der Waals surface area (Å²) in [4.78, 5) is 26.7. The summed E-state index contributed by atoms with van der Waals surface area (Å²) in [5, 5.41) is 3.99. The van der Waals surface area contributed by atoms with Crippen molar-refractivity contribution in [1.29, 1.82) is 0 Å². The highest BCUT2D eigenvalue weighted by Crippen LogP contribution is 2.17. The Hall–Kier alpha value is -3.67. The van der Waals surface area contributed by atoms with Gasteiger partial charge in [-0.3, -0.25) is 9.59 Å². The van der Waals surface area contributed by atoms with Crippen LogP contribution >= 0.6 is 0 Å². The number of hydrazone groups is 1. The van der Waals surface area contributed by atoms with E-state index in [0.29, 0.717) is 6.54 Å². The van der Waals surface area contributed by atoms with Crippen molar-refractivity contribution < 1.29 is 4.79 Å². The van der Waals surface area contributed by atoms with Gasteiger partial charge in [-0.2, -0.15) is 5.10 Å². The zero-order chi connectivity index (χ0) is 21.3. The third kappa shape index (κ3) is 5.23. The first-order chi connectivity index (χ1) is 14.6. The fourth-order valence-corrected chi connectivity index (χ4v) is 3.15. The number of pyridine rings is 1. The Kier molecular flexibility index (Phi) is 7.16. The van der Waals surface area contributed by atoms with Crippen LogP contribution in [0, 0.1) is 0 Å². The molecule has 1 aromatic heterocycles. The van der Waals surface area contributed by atoms with Crippen LogP contribution in [0.3, 0.4) is 0 Å². The minimum absolute atomic E-state index is 0.0753. The predicted molar refractivity (Wildman–Crippen MR) is 121 cm³/mol. The van der Waals surface area contributed by atoms with Crippen molar-refractivity contribution in [2.75, 3.05) is 11.4 Å². The van der Waals surface area contributed by atoms with Gasteiger partial charge in [0.2, 0.25) is 0 Å². The lowest BCUT2D eigenvalue weighted by Crippen LogP contribution is -2.30. The number of anilines is 1. The van der Waals surface area contributed by atoms with E-state index in [1.54, 1.807) is 18.5 Å². The zero-order valence-corrected chi connectivity index (χ0v) is 17.3. The van der Waals surface area contributed by atoms with Crippen molar-refractivity contribution in [3.05, 3.63) is 100.0 Å². The summed E-state index contributed by atoms with van der Waals surface area (Å²) in [5.74, 6) is -0.518. The number of hydrogen-bond donors (Lipinski definition) is 1. The smallest absolute Gasteiger partial charge is 0.276 e. The van der Waals surface area contributed by atoms with E-state index in [1.165, 1.54) is 16.2 Å². The molecule has 1 heterocycles. The Balaban J connectivity index is 1.63. The van der Waals surface area contributed by atoms with E-state index in [-0.39, 0.29) is 11.1 Å². The first kappa shape index (κ1) is 21.0. The van der Waals surface area contributed by atoms with E-state index >= 15 is 0 Å². The number of hydrogen-bond acceptors (Lipinski definition) is 4. The number of carbonyl (C=O) groups excluding carboxylic acids is 1. The number of nitrogens with zero attached hydrogens (tertiary/aromatic N) is 3. The number of nitrogens with one attached hydrogen (secondary N) is 1. The van der Waals surface area contributed by atoms with Crippen molar-refractivity contribution in [3.63, 3.8) is 0 Å². The second kappa shape index (κ2) is 10.2. The van der Waals surface area contributed by atoms with Gasteiger partial charge in [0.05, 0.1) is 6.21 Å². The van der Waals surface area contributed by atoms with Crippen LogP contribution in [0.15, 0.2) is 82.8 Å². The maximum absolute atomic E-state index is 12.2. The van der Waals surface area contributed by atoms with Crippen LogP contribution < -0.4 is 15.9 Å². The predicted octanol–water partition coefficient (Wildman–Crippen LogP) is 3.66. The summed E-state index contributed by atoms with van der Waals surface area (Å²) in [7, 11) is 0. The topological polar surface area (TPSA) is 66.7 Å². The molecule has 3 aromatic rings. The molecular formula is C24H26N4O2. The van der Waals surface area contributed by atoms with Crippen LogP contribution in [0.5, 0.6) is 0 Å². The van der Waals surface area contributed by atoms with Crippen molar-refractivity contribution in [2.24, 2.45) is 5.10 Å². The Labute approximate surface area is 176 Å². The van der Waals surface area contributed by atoms with Crippen LogP contribution in [0.4, 0.5) is 5.69 Å². The van der Waals surface area contributed by atoms with Crippen molar-refractivity contribution in [1.82, 2.24) is 9.99 Å². The quantitative estimate of drug-likeness (QED) is 0.462. The molecule has 0 radical (unpaired) electrons. The van der Waals surface area contributed by atoms with Gasteiger partial charge in [-0.05, 0) is 49.2 Å². The average molecular weight is 402 g/mol. The van der Waals surface area contributed by atoms with Gasteiger partial charge in [0.1, 0.15) is 5.56 Å². The number of aryl methyl sites for hydroxylation is 1. The van der Waals surface area contributed by atoms with E-state index in [1.807, 2.05) is 49.4 Å². The molecule has 6 nitrogen and oxygen atoms in total. The monoisotopic (exact) mass is 402 g/mol. The van der Waals surface area contributed by atoms with Gasteiger partial charge in [-0.1, -0.05) is 42.5 Å². The standard InChI is InChI=1S/C24H26N4O2/c1-3-27-16-8-11-22(24(27)30)23(29)26-25-17-19-12-14-21(15-13-19)28(4-2)18-20-9-6-5-7-10-20/h5-17H,3-4,18H2,1-2H3,(H,26,29)/b25-17-. The number of benzene rings is 2. The highest BCUT2D eigenvalue weighted by atomic mass is 16.2. The van der Waals surface area contributed by atoms with Crippen LogP contribution in [-0.4, -0.2) is 23.2 Å². The molecule has 6 heteroatoms. The summed E-state index contributed by atoms with van der Waals surface area (Å²) in [5.41, 5.74) is 5.41. The lowest BCUT2D eigenvalue weighted by molar-refractivity contribution is 0.0953. The normalized spacial score (nSPS) is 10.9. The molecule has 0 aliphatic rings. The third-order valence-electron chi connectivity index (χ3n) is 4.84. The summed E-state index contributed by atoms with van der Waals surface area (Å²) >= 11 is 0. The highest BCUT2D eigenvalue weighted by Gasteiger charge is 2.10. The van der Waals surface area contributed by atoms with E-state index < -0.39 is 5.91 Å². The van der Waals surface area contributed by atoms with E-state index in [4.69, 9.17) is 0 Å².